The van der Waals surface area contributed by atoms with Crippen LogP contribution in [0.1, 0.15) is 131 Å². The molecule has 2 saturated heterocycles. The number of hydrogen-bond donors (Lipinski definition) is 5. The highest BCUT2D eigenvalue weighted by atomic mass is 19.4. The summed E-state index contributed by atoms with van der Waals surface area (Å²) < 4.78 is 65.2. The predicted octanol–water partition coefficient (Wildman–Crippen LogP) is 8.18. The van der Waals surface area contributed by atoms with E-state index in [9.17, 15) is 47.7 Å². The average Bonchev–Trinajstić information content (AvgIpc) is 3.35. The molecule has 14 nitrogen and oxygen atoms in total. The lowest BCUT2D eigenvalue weighted by Gasteiger charge is -2.43. The monoisotopic (exact) mass is 1030 g/mol. The molecule has 6 N–H and O–H groups in total. The van der Waals surface area contributed by atoms with E-state index in [-0.39, 0.29) is 61.1 Å². The highest BCUT2D eigenvalue weighted by molar-refractivity contribution is 6.39. The van der Waals surface area contributed by atoms with Crippen LogP contribution >= 0.6 is 0 Å². The molecule has 0 aromatic heterocycles. The van der Waals surface area contributed by atoms with E-state index >= 15 is 0 Å². The highest BCUT2D eigenvalue weighted by Gasteiger charge is 2.53. The second kappa shape index (κ2) is 27.0. The lowest BCUT2D eigenvalue weighted by atomic mass is 9.78. The second-order valence-electron chi connectivity index (χ2n) is 21.4. The van der Waals surface area contributed by atoms with E-state index in [0.29, 0.717) is 68.9 Å². The number of alkyl halides is 3. The van der Waals surface area contributed by atoms with Gasteiger partial charge in [-0.3, -0.25) is 14.4 Å². The molecule has 3 fully saturated rings. The van der Waals surface area contributed by atoms with E-state index in [1.54, 1.807) is 59.1 Å². The summed E-state index contributed by atoms with van der Waals surface area (Å²) in [6.07, 6.45) is 7.00. The molecular formula is C56H82F3N3O11. The number of carbonyl (C=O) groups is 4. The maximum Gasteiger partial charge on any atom is 0.416 e. The summed E-state index contributed by atoms with van der Waals surface area (Å²) in [4.78, 5) is 58.3. The van der Waals surface area contributed by atoms with Crippen molar-refractivity contribution in [1.29, 1.82) is 0 Å². The molecule has 0 spiro atoms. The molecule has 3 aliphatic heterocycles. The van der Waals surface area contributed by atoms with E-state index in [2.05, 4.69) is 5.32 Å². The molecule has 5 rings (SSSR count). The molecule has 1 saturated carbocycles. The average molecular weight is 1030 g/mol. The number of amides is 1. The Morgan fingerprint density at radius 1 is 0.904 bits per heavy atom. The normalized spacial score (nSPS) is 37.4. The Hall–Kier alpha value is -4.23. The number of methoxy groups -OCH3 is 2. The fraction of sp³-hybridized carbons (Fsp3) is 0.679. The molecule has 1 aliphatic carbocycles. The van der Waals surface area contributed by atoms with E-state index in [1.165, 1.54) is 24.1 Å². The fourth-order valence-corrected chi connectivity index (χ4v) is 11.0. The topological polar surface area (TPSA) is 207 Å². The smallest absolute Gasteiger partial charge is 0.416 e. The van der Waals surface area contributed by atoms with Crippen LogP contribution in [-0.4, -0.2) is 125 Å². The SMILES string of the molecule is CO[C@@H]1CC(C[C@@H](C)[C@@H]2CC[C@H](N)/C=C(\C)[C@@H](O)[C@@H](OC)C(=O)[C@H](C)C[C@H](C)/C=C/C=C/C=C(\C)C(Nc3cccc(C(F)(F)F)c3)CC3CC[C@@H](C)[C@@](O)(O3)C(=O)C(=O)N3CCCC[C@H]3C(=O)O2)CC[C@H]1O. The van der Waals surface area contributed by atoms with E-state index in [0.717, 1.165) is 18.6 Å². The maximum atomic E-state index is 14.5. The quantitative estimate of drug-likeness (QED) is 0.0994. The van der Waals surface area contributed by atoms with Gasteiger partial charge in [0.25, 0.3) is 11.7 Å². The maximum absolute atomic E-state index is 14.5. The first-order valence-electron chi connectivity index (χ1n) is 26.3. The Bertz CT molecular complexity index is 2150. The summed E-state index contributed by atoms with van der Waals surface area (Å²) >= 11 is 0. The molecule has 15 atom stereocenters. The molecule has 73 heavy (non-hydrogen) atoms. The zero-order valence-corrected chi connectivity index (χ0v) is 44.0. The van der Waals surface area contributed by atoms with Crippen LogP contribution in [0, 0.1) is 29.6 Å². The van der Waals surface area contributed by atoms with Gasteiger partial charge in [-0.2, -0.15) is 13.2 Å². The van der Waals surface area contributed by atoms with E-state index in [4.69, 9.17) is 24.7 Å². The van der Waals surface area contributed by atoms with Gasteiger partial charge in [0, 0.05) is 50.4 Å². The molecule has 1 amide bonds. The Balaban J connectivity index is 1.50. The van der Waals surface area contributed by atoms with Gasteiger partial charge in [-0.15, -0.1) is 0 Å². The number of benzene rings is 1. The highest BCUT2D eigenvalue weighted by Crippen LogP contribution is 2.38. The number of ether oxygens (including phenoxy) is 4. The first kappa shape index (κ1) is 59.6. The molecular weight excluding hydrogens is 948 g/mol. The molecule has 2 bridgehead atoms. The molecule has 408 valence electrons. The van der Waals surface area contributed by atoms with Crippen LogP contribution in [-0.2, 0) is 44.3 Å². The van der Waals surface area contributed by atoms with Crippen LogP contribution in [0.5, 0.6) is 0 Å². The summed E-state index contributed by atoms with van der Waals surface area (Å²) in [5.74, 6) is -7.26. The Kier molecular flexibility index (Phi) is 22.1. The van der Waals surface area contributed by atoms with Gasteiger partial charge >= 0.3 is 12.1 Å². The van der Waals surface area contributed by atoms with Crippen LogP contribution in [0.3, 0.4) is 0 Å². The third kappa shape index (κ3) is 16.1. The number of cyclic esters (lactones) is 1. The van der Waals surface area contributed by atoms with Gasteiger partial charge in [0.05, 0.1) is 23.9 Å². The molecule has 3 heterocycles. The summed E-state index contributed by atoms with van der Waals surface area (Å²) in [5.41, 5.74) is 7.16. The van der Waals surface area contributed by atoms with E-state index in [1.807, 2.05) is 26.0 Å². The van der Waals surface area contributed by atoms with Crippen molar-refractivity contribution in [1.82, 2.24) is 4.90 Å². The third-order valence-electron chi connectivity index (χ3n) is 15.6. The lowest BCUT2D eigenvalue weighted by Crippen LogP contribution is -2.61. The summed E-state index contributed by atoms with van der Waals surface area (Å²) in [6.45, 7) is 10.9. The predicted molar refractivity (Wildman–Crippen MR) is 272 cm³/mol. The molecule has 1 aromatic carbocycles. The number of carbonyl (C=O) groups excluding carboxylic acids is 4. The number of esters is 1. The van der Waals surface area contributed by atoms with Gasteiger partial charge < -0.3 is 50.2 Å². The molecule has 4 aliphatic rings. The van der Waals surface area contributed by atoms with Crippen LogP contribution in [0.4, 0.5) is 18.9 Å². The van der Waals surface area contributed by atoms with Gasteiger partial charge in [0.2, 0.25) is 5.79 Å². The molecule has 0 radical (unpaired) electrons. The van der Waals surface area contributed by atoms with Gasteiger partial charge in [-0.25, -0.2) is 4.79 Å². The fourth-order valence-electron chi connectivity index (χ4n) is 11.0. The van der Waals surface area contributed by atoms with Crippen molar-refractivity contribution < 1.29 is 66.6 Å². The minimum absolute atomic E-state index is 0.0524. The van der Waals surface area contributed by atoms with Crippen LogP contribution in [0.25, 0.3) is 0 Å². The zero-order chi connectivity index (χ0) is 53.8. The molecule has 17 heteroatoms. The van der Waals surface area contributed by atoms with Crippen LogP contribution in [0.2, 0.25) is 0 Å². The Labute approximate surface area is 430 Å². The van der Waals surface area contributed by atoms with Crippen LogP contribution < -0.4 is 11.1 Å². The number of aliphatic hydroxyl groups excluding tert-OH is 2. The molecule has 1 aromatic rings. The number of allylic oxidation sites excluding steroid dienone is 5. The van der Waals surface area contributed by atoms with Crippen LogP contribution in [0.15, 0.2) is 71.9 Å². The van der Waals surface area contributed by atoms with Crippen molar-refractivity contribution in [2.45, 2.75) is 192 Å². The van der Waals surface area contributed by atoms with Crippen molar-refractivity contribution in [3.8, 4) is 0 Å². The number of halogens is 3. The minimum Gasteiger partial charge on any atom is -0.461 e. The second-order valence-corrected chi connectivity index (χ2v) is 21.4. The minimum atomic E-state index is -4.59. The van der Waals surface area contributed by atoms with E-state index < -0.39 is 95.7 Å². The Morgan fingerprint density at radius 2 is 1.64 bits per heavy atom. The number of aliphatic hydroxyl groups is 3. The summed E-state index contributed by atoms with van der Waals surface area (Å²) in [6, 6.07) is 2.37. The number of Topliss-reactive ketones (excluding diaryl/α,β-unsaturated/α-hetero) is 2. The summed E-state index contributed by atoms with van der Waals surface area (Å²) in [7, 11) is 2.95. The first-order chi connectivity index (χ1) is 34.5. The molecule has 3 unspecified atom stereocenters. The number of hydrogen-bond acceptors (Lipinski definition) is 13. The van der Waals surface area contributed by atoms with Crippen molar-refractivity contribution in [2.75, 3.05) is 26.1 Å². The van der Waals surface area contributed by atoms with Gasteiger partial charge in [-0.05, 0) is 139 Å². The van der Waals surface area contributed by atoms with Crippen molar-refractivity contribution in [2.24, 2.45) is 35.3 Å². The number of nitrogens with one attached hydrogen (secondary N) is 1. The summed E-state index contributed by atoms with van der Waals surface area (Å²) in [5, 5.41) is 37.4. The largest absolute Gasteiger partial charge is 0.461 e. The lowest BCUT2D eigenvalue weighted by molar-refractivity contribution is -0.263. The number of anilines is 1. The third-order valence-corrected chi connectivity index (χ3v) is 15.6. The first-order valence-corrected chi connectivity index (χ1v) is 26.3. The Morgan fingerprint density at radius 3 is 2.34 bits per heavy atom. The number of ketones is 2. The van der Waals surface area contributed by atoms with Gasteiger partial charge in [0.15, 0.2) is 5.78 Å². The van der Waals surface area contributed by atoms with Crippen molar-refractivity contribution in [3.05, 3.63) is 77.4 Å². The van der Waals surface area contributed by atoms with Gasteiger partial charge in [0.1, 0.15) is 24.4 Å². The number of fused-ring (bicyclic) bond motifs is 3. The number of nitrogens with two attached hydrogens (primary N) is 1. The van der Waals surface area contributed by atoms with Crippen molar-refractivity contribution >= 4 is 29.1 Å². The zero-order valence-electron chi connectivity index (χ0n) is 44.0. The number of piperidine rings is 1. The number of rotatable bonds is 7. The van der Waals surface area contributed by atoms with Gasteiger partial charge in [-0.1, -0.05) is 75.8 Å². The van der Waals surface area contributed by atoms with Crippen molar-refractivity contribution in [3.63, 3.8) is 0 Å². The number of nitrogens with zero attached hydrogens (tertiary/aromatic N) is 1. The standard InChI is InChI=1S/C56H82F3N3O11/c1-33-15-10-9-11-16-34(2)44(61-42-18-14-17-40(31-42)56(57,58)59)32-43-23-20-38(6)55(69,73-43)52(66)53(67)62-26-13-12-19-45(62)54(68)72-47(35(3)28-39-21-24-46(63)48(30-39)70-7)25-22-41(60)29-37(5)50(65)51(71-8)49(64)36(4)27-33/h9-11,14-18,29,31,33,35-36,38-39,41,43-48,50-51,61,63,65,69H,12-13,19-28,30,32,60H2,1-8H3/b11-9+,15-10+,34-16+,37-29+/t33-,35-,36-,38-,39?,41+,43?,44?,45+,46-,47+,48-,50-,51+,55-/m1/s1.